The zero-order valence-corrected chi connectivity index (χ0v) is 25.0. The Kier molecular flexibility index (Phi) is 6.78. The monoisotopic (exact) mass is 562 g/mol. The van der Waals surface area contributed by atoms with Crippen LogP contribution in [-0.4, -0.2) is 19.3 Å². The van der Waals surface area contributed by atoms with Crippen LogP contribution < -0.4 is 4.74 Å². The van der Waals surface area contributed by atoms with E-state index in [1.807, 2.05) is 35.1 Å². The van der Waals surface area contributed by atoms with Crippen LogP contribution in [-0.2, 0) is 6.42 Å². The van der Waals surface area contributed by atoms with Crippen molar-refractivity contribution in [1.82, 2.24) is 19.3 Å². The zero-order chi connectivity index (χ0) is 29.5. The van der Waals surface area contributed by atoms with Crippen molar-refractivity contribution in [2.24, 2.45) is 0 Å². The van der Waals surface area contributed by atoms with Gasteiger partial charge in [-0.2, -0.15) is 5.10 Å². The lowest BCUT2D eigenvalue weighted by atomic mass is 10.0. The first-order valence-corrected chi connectivity index (χ1v) is 14.9. The summed E-state index contributed by atoms with van der Waals surface area (Å²) in [6, 6.07) is 35.8. The molecule has 0 amide bonds. The molecule has 212 valence electrons. The van der Waals surface area contributed by atoms with Crippen molar-refractivity contribution in [2.75, 3.05) is 0 Å². The largest absolute Gasteiger partial charge is 0.457 e. The number of aryl methyl sites for hydroxylation is 3. The van der Waals surface area contributed by atoms with Crippen LogP contribution in [0.2, 0.25) is 0 Å². The van der Waals surface area contributed by atoms with Gasteiger partial charge in [0, 0.05) is 40.4 Å². The van der Waals surface area contributed by atoms with E-state index in [4.69, 9.17) is 14.8 Å². The first kappa shape index (κ1) is 26.7. The Morgan fingerprint density at radius 2 is 1.56 bits per heavy atom. The Balaban J connectivity index is 1.29. The molecule has 0 atom stereocenters. The van der Waals surface area contributed by atoms with Crippen LogP contribution in [0.1, 0.15) is 35.9 Å². The SMILES string of the molecule is CCCc1ccnc(-n2c3ccc(C)cc3c3ccc(Oc4cccc(-n5nc(C)c(-c6ccccc6)c5C)c4)cc32)c1. The molecular weight excluding hydrogens is 528 g/mol. The molecule has 7 aromatic rings. The summed E-state index contributed by atoms with van der Waals surface area (Å²) >= 11 is 0. The fourth-order valence-corrected chi connectivity index (χ4v) is 6.18. The molecule has 0 unspecified atom stereocenters. The molecule has 0 bridgehead atoms. The number of pyridine rings is 1. The molecule has 0 saturated heterocycles. The highest BCUT2D eigenvalue weighted by Crippen LogP contribution is 2.36. The molecule has 43 heavy (non-hydrogen) atoms. The third kappa shape index (κ3) is 4.87. The van der Waals surface area contributed by atoms with E-state index in [2.05, 4.69) is 111 Å². The minimum absolute atomic E-state index is 0.757. The molecule has 3 aromatic heterocycles. The summed E-state index contributed by atoms with van der Waals surface area (Å²) in [6.45, 7) is 8.53. The molecule has 3 heterocycles. The molecule has 4 aromatic carbocycles. The summed E-state index contributed by atoms with van der Waals surface area (Å²) < 4.78 is 10.8. The molecule has 0 radical (unpaired) electrons. The summed E-state index contributed by atoms with van der Waals surface area (Å²) in [7, 11) is 0. The van der Waals surface area contributed by atoms with Crippen molar-refractivity contribution in [3.8, 4) is 34.1 Å². The second kappa shape index (κ2) is 10.9. The molecular formula is C38H34N4O. The molecule has 0 aliphatic rings. The molecule has 7 rings (SSSR count). The van der Waals surface area contributed by atoms with Gasteiger partial charge in [-0.1, -0.05) is 61.4 Å². The summed E-state index contributed by atoms with van der Waals surface area (Å²) in [5, 5.41) is 7.29. The highest BCUT2D eigenvalue weighted by Gasteiger charge is 2.17. The van der Waals surface area contributed by atoms with Gasteiger partial charge in [-0.25, -0.2) is 9.67 Å². The third-order valence-corrected chi connectivity index (χ3v) is 8.12. The Hall–Kier alpha value is -5.16. The van der Waals surface area contributed by atoms with Crippen molar-refractivity contribution in [3.63, 3.8) is 0 Å². The third-order valence-electron chi connectivity index (χ3n) is 8.12. The first-order chi connectivity index (χ1) is 21.0. The second-order valence-corrected chi connectivity index (χ2v) is 11.2. The van der Waals surface area contributed by atoms with Crippen LogP contribution in [0.5, 0.6) is 11.5 Å². The number of hydrogen-bond donors (Lipinski definition) is 0. The summed E-state index contributed by atoms with van der Waals surface area (Å²) in [5.41, 5.74) is 10.1. The van der Waals surface area contributed by atoms with Gasteiger partial charge in [-0.3, -0.25) is 4.57 Å². The average Bonchev–Trinajstić information content (AvgIpc) is 3.50. The maximum Gasteiger partial charge on any atom is 0.137 e. The van der Waals surface area contributed by atoms with Gasteiger partial charge in [0.15, 0.2) is 0 Å². The van der Waals surface area contributed by atoms with E-state index in [-0.39, 0.29) is 0 Å². The Morgan fingerprint density at radius 3 is 2.40 bits per heavy atom. The van der Waals surface area contributed by atoms with Crippen LogP contribution in [0.25, 0.3) is 44.4 Å². The molecule has 0 saturated carbocycles. The van der Waals surface area contributed by atoms with E-state index in [1.54, 1.807) is 0 Å². The topological polar surface area (TPSA) is 44.9 Å². The van der Waals surface area contributed by atoms with E-state index < -0.39 is 0 Å². The maximum absolute atomic E-state index is 6.51. The fraction of sp³-hybridized carbons (Fsp3) is 0.158. The lowest BCUT2D eigenvalue weighted by Gasteiger charge is -2.11. The van der Waals surface area contributed by atoms with Gasteiger partial charge in [0.2, 0.25) is 0 Å². The average molecular weight is 563 g/mol. The fourth-order valence-electron chi connectivity index (χ4n) is 6.18. The number of fused-ring (bicyclic) bond motifs is 3. The highest BCUT2D eigenvalue weighted by molar-refractivity contribution is 6.09. The number of rotatable bonds is 7. The van der Waals surface area contributed by atoms with E-state index >= 15 is 0 Å². The van der Waals surface area contributed by atoms with Crippen LogP contribution in [0.3, 0.4) is 0 Å². The molecule has 0 spiro atoms. The van der Waals surface area contributed by atoms with Crippen LogP contribution in [0.15, 0.2) is 109 Å². The van der Waals surface area contributed by atoms with Gasteiger partial charge >= 0.3 is 0 Å². The molecule has 5 heteroatoms. The van der Waals surface area contributed by atoms with Crippen molar-refractivity contribution in [2.45, 2.75) is 40.5 Å². The van der Waals surface area contributed by atoms with Gasteiger partial charge in [-0.05, 0) is 86.8 Å². The van der Waals surface area contributed by atoms with Gasteiger partial charge in [-0.15, -0.1) is 0 Å². The van der Waals surface area contributed by atoms with E-state index in [9.17, 15) is 0 Å². The number of benzene rings is 4. The molecule has 0 aliphatic carbocycles. The van der Waals surface area contributed by atoms with Crippen molar-refractivity contribution < 1.29 is 4.74 Å². The van der Waals surface area contributed by atoms with Gasteiger partial charge in [0.25, 0.3) is 0 Å². The van der Waals surface area contributed by atoms with Gasteiger partial charge in [0.1, 0.15) is 17.3 Å². The lowest BCUT2D eigenvalue weighted by Crippen LogP contribution is -2.00. The first-order valence-electron chi connectivity index (χ1n) is 14.9. The minimum atomic E-state index is 0.757. The summed E-state index contributed by atoms with van der Waals surface area (Å²) in [6.07, 6.45) is 4.04. The van der Waals surface area contributed by atoms with Gasteiger partial charge < -0.3 is 4.74 Å². The molecule has 0 aliphatic heterocycles. The standard InChI is InChI=1S/C38H34N4O/c1-5-10-28-19-20-39-37(22-28)41-35-18-15-25(2)21-34(35)33-17-16-32(24-36(33)41)43-31-14-9-13-30(23-31)42-27(4)38(26(3)40-42)29-11-7-6-8-12-29/h6-9,11-24H,5,10H2,1-4H3. The van der Waals surface area contributed by atoms with Crippen molar-refractivity contribution in [3.05, 3.63) is 132 Å². The van der Waals surface area contributed by atoms with E-state index in [0.29, 0.717) is 0 Å². The molecule has 0 N–H and O–H groups in total. The van der Waals surface area contributed by atoms with Crippen molar-refractivity contribution in [1.29, 1.82) is 0 Å². The van der Waals surface area contributed by atoms with E-state index in [1.165, 1.54) is 27.5 Å². The van der Waals surface area contributed by atoms with Crippen molar-refractivity contribution >= 4 is 21.8 Å². The number of hydrogen-bond acceptors (Lipinski definition) is 3. The Morgan fingerprint density at radius 1 is 0.721 bits per heavy atom. The normalized spacial score (nSPS) is 11.4. The van der Waals surface area contributed by atoms with Crippen LogP contribution >= 0.6 is 0 Å². The predicted octanol–water partition coefficient (Wildman–Crippen LogP) is 9.70. The van der Waals surface area contributed by atoms with Crippen LogP contribution in [0, 0.1) is 20.8 Å². The second-order valence-electron chi connectivity index (χ2n) is 11.2. The summed E-state index contributed by atoms with van der Waals surface area (Å²) in [5.74, 6) is 2.45. The lowest BCUT2D eigenvalue weighted by molar-refractivity contribution is 0.483. The number of nitrogens with zero attached hydrogens (tertiary/aromatic N) is 4. The minimum Gasteiger partial charge on any atom is -0.457 e. The molecule has 5 nitrogen and oxygen atoms in total. The zero-order valence-electron chi connectivity index (χ0n) is 25.0. The quantitative estimate of drug-likeness (QED) is 0.194. The van der Waals surface area contributed by atoms with Crippen LogP contribution in [0.4, 0.5) is 0 Å². The van der Waals surface area contributed by atoms with Gasteiger partial charge in [0.05, 0.1) is 22.4 Å². The summed E-state index contributed by atoms with van der Waals surface area (Å²) in [4.78, 5) is 4.80. The molecule has 0 fully saturated rings. The Bertz CT molecular complexity index is 2100. The Labute approximate surface area is 252 Å². The smallest absolute Gasteiger partial charge is 0.137 e. The highest BCUT2D eigenvalue weighted by atomic mass is 16.5. The maximum atomic E-state index is 6.51. The predicted molar refractivity (Wildman–Crippen MR) is 176 cm³/mol. The number of aromatic nitrogens is 4. The van der Waals surface area contributed by atoms with E-state index in [0.717, 1.165) is 63.8 Å². The number of ether oxygens (including phenoxy) is 1.